The van der Waals surface area contributed by atoms with Crippen LogP contribution in [-0.2, 0) is 27.1 Å². The lowest BCUT2D eigenvalue weighted by Gasteiger charge is -2.24. The van der Waals surface area contributed by atoms with Gasteiger partial charge in [0, 0.05) is 32.8 Å². The average molecular weight is 471 g/mol. The van der Waals surface area contributed by atoms with Crippen molar-refractivity contribution in [1.82, 2.24) is 9.88 Å². The van der Waals surface area contributed by atoms with E-state index >= 15 is 0 Å². The Morgan fingerprint density at radius 2 is 1.88 bits per heavy atom. The number of anilines is 1. The maximum absolute atomic E-state index is 14.1. The molecule has 0 aliphatic carbocycles. The molecule has 7 nitrogen and oxygen atoms in total. The number of aryl methyl sites for hydroxylation is 2. The number of aromatic nitrogens is 1. The Kier molecular flexibility index (Phi) is 16.7. The number of unbranched alkanes of at least 4 members (excludes halogenated alkanes) is 1. The van der Waals surface area contributed by atoms with Crippen molar-refractivity contribution in [2.75, 3.05) is 52.8 Å². The average Bonchev–Trinajstić information content (AvgIpc) is 2.76. The highest BCUT2D eigenvalue weighted by Gasteiger charge is 2.17. The SMILES string of the molecule is CCc1ccc(CCCCN(CCCC(=O)OC(C)(C)C)CC(F)COC)nc1NC.CN. The number of carbonyl (C=O) groups is 1. The van der Waals surface area contributed by atoms with E-state index in [1.54, 1.807) is 0 Å². The van der Waals surface area contributed by atoms with Crippen molar-refractivity contribution in [2.24, 2.45) is 5.73 Å². The molecule has 0 saturated heterocycles. The zero-order valence-corrected chi connectivity index (χ0v) is 21.9. The highest BCUT2D eigenvalue weighted by molar-refractivity contribution is 5.69. The van der Waals surface area contributed by atoms with Gasteiger partial charge in [0.05, 0.1) is 6.61 Å². The lowest BCUT2D eigenvalue weighted by atomic mass is 10.1. The third-order valence-electron chi connectivity index (χ3n) is 4.89. The lowest BCUT2D eigenvalue weighted by Crippen LogP contribution is -2.34. The van der Waals surface area contributed by atoms with Gasteiger partial charge in [-0.2, -0.15) is 0 Å². The molecule has 0 fully saturated rings. The number of hydrogen-bond acceptors (Lipinski definition) is 7. The maximum atomic E-state index is 14.1. The molecule has 0 aliphatic rings. The summed E-state index contributed by atoms with van der Waals surface area (Å²) in [7, 11) is 4.91. The molecule has 0 aliphatic heterocycles. The van der Waals surface area contributed by atoms with Crippen LogP contribution in [0.5, 0.6) is 0 Å². The molecule has 0 amide bonds. The zero-order chi connectivity index (χ0) is 25.3. The van der Waals surface area contributed by atoms with Crippen molar-refractivity contribution in [3.05, 3.63) is 23.4 Å². The van der Waals surface area contributed by atoms with Crippen LogP contribution in [0.4, 0.5) is 10.2 Å². The number of esters is 1. The molecule has 192 valence electrons. The van der Waals surface area contributed by atoms with Crippen LogP contribution in [-0.4, -0.2) is 75.1 Å². The molecule has 0 aromatic carbocycles. The van der Waals surface area contributed by atoms with E-state index in [1.807, 2.05) is 27.8 Å². The van der Waals surface area contributed by atoms with Crippen LogP contribution in [0.25, 0.3) is 0 Å². The number of hydrogen-bond donors (Lipinski definition) is 2. The summed E-state index contributed by atoms with van der Waals surface area (Å²) in [6.45, 7) is 9.55. The largest absolute Gasteiger partial charge is 0.460 e. The first-order valence-electron chi connectivity index (χ1n) is 12.0. The molecular weight excluding hydrogens is 423 g/mol. The van der Waals surface area contributed by atoms with Crippen LogP contribution in [0.3, 0.4) is 0 Å². The number of alkyl halides is 1. The van der Waals surface area contributed by atoms with Gasteiger partial charge in [0.15, 0.2) is 0 Å². The van der Waals surface area contributed by atoms with Crippen molar-refractivity contribution in [2.45, 2.75) is 78.0 Å². The zero-order valence-electron chi connectivity index (χ0n) is 21.9. The number of pyridine rings is 1. The Hall–Kier alpha value is -1.77. The summed E-state index contributed by atoms with van der Waals surface area (Å²) in [5.74, 6) is 0.742. The van der Waals surface area contributed by atoms with E-state index in [4.69, 9.17) is 14.5 Å². The van der Waals surface area contributed by atoms with E-state index in [2.05, 4.69) is 35.0 Å². The molecule has 0 spiro atoms. The molecule has 1 atom stereocenters. The number of halogens is 1. The van der Waals surface area contributed by atoms with E-state index in [1.165, 1.54) is 19.7 Å². The molecule has 33 heavy (non-hydrogen) atoms. The number of nitrogens with one attached hydrogen (secondary N) is 1. The molecule has 0 radical (unpaired) electrons. The minimum Gasteiger partial charge on any atom is -0.460 e. The van der Waals surface area contributed by atoms with E-state index in [0.29, 0.717) is 25.9 Å². The number of nitrogens with zero attached hydrogens (tertiary/aromatic N) is 2. The number of nitrogens with two attached hydrogens (primary N) is 1. The third-order valence-corrected chi connectivity index (χ3v) is 4.89. The van der Waals surface area contributed by atoms with E-state index in [9.17, 15) is 9.18 Å². The van der Waals surface area contributed by atoms with Gasteiger partial charge in [-0.3, -0.25) is 4.79 Å². The third kappa shape index (κ3) is 14.9. The fourth-order valence-corrected chi connectivity index (χ4v) is 3.46. The number of ether oxygens (including phenoxy) is 2. The highest BCUT2D eigenvalue weighted by Crippen LogP contribution is 2.15. The summed E-state index contributed by atoms with van der Waals surface area (Å²) in [5.41, 5.74) is 6.31. The Balaban J connectivity index is 0.00000497. The second kappa shape index (κ2) is 17.7. The van der Waals surface area contributed by atoms with Gasteiger partial charge in [0.2, 0.25) is 0 Å². The first-order valence-corrected chi connectivity index (χ1v) is 12.0. The molecular formula is C25H47FN4O3. The summed E-state index contributed by atoms with van der Waals surface area (Å²) >= 11 is 0. The van der Waals surface area contributed by atoms with E-state index in [-0.39, 0.29) is 12.6 Å². The number of carbonyl (C=O) groups excluding carboxylic acids is 1. The van der Waals surface area contributed by atoms with Gasteiger partial charge in [-0.05, 0) is 84.6 Å². The fraction of sp³-hybridized carbons (Fsp3) is 0.760. The Morgan fingerprint density at radius 3 is 2.45 bits per heavy atom. The molecule has 1 heterocycles. The predicted octanol–water partition coefficient (Wildman–Crippen LogP) is 3.99. The van der Waals surface area contributed by atoms with Crippen LogP contribution in [0.1, 0.15) is 64.6 Å². The summed E-state index contributed by atoms with van der Waals surface area (Å²) < 4.78 is 24.4. The molecule has 1 rings (SSSR count). The number of rotatable bonds is 15. The second-order valence-corrected chi connectivity index (χ2v) is 8.91. The van der Waals surface area contributed by atoms with Crippen LogP contribution in [0, 0.1) is 0 Å². The van der Waals surface area contributed by atoms with Gasteiger partial charge in [0.1, 0.15) is 17.6 Å². The van der Waals surface area contributed by atoms with Gasteiger partial charge in [-0.15, -0.1) is 0 Å². The van der Waals surface area contributed by atoms with Gasteiger partial charge in [-0.1, -0.05) is 13.0 Å². The topological polar surface area (TPSA) is 89.7 Å². The van der Waals surface area contributed by atoms with Crippen LogP contribution in [0.15, 0.2) is 12.1 Å². The molecule has 3 N–H and O–H groups in total. The molecule has 1 aromatic heterocycles. The summed E-state index contributed by atoms with van der Waals surface area (Å²) in [6, 6.07) is 4.23. The second-order valence-electron chi connectivity index (χ2n) is 8.91. The van der Waals surface area contributed by atoms with Crippen molar-refractivity contribution in [3.63, 3.8) is 0 Å². The van der Waals surface area contributed by atoms with Gasteiger partial charge in [-0.25, -0.2) is 9.37 Å². The van der Waals surface area contributed by atoms with Gasteiger partial charge < -0.3 is 25.4 Å². The van der Waals surface area contributed by atoms with Crippen molar-refractivity contribution in [3.8, 4) is 0 Å². The minimum absolute atomic E-state index is 0.0864. The predicted molar refractivity (Wildman–Crippen MR) is 135 cm³/mol. The highest BCUT2D eigenvalue weighted by atomic mass is 19.1. The molecule has 8 heteroatoms. The summed E-state index contributed by atoms with van der Waals surface area (Å²) in [6.07, 6.45) is 3.72. The summed E-state index contributed by atoms with van der Waals surface area (Å²) in [5, 5.41) is 3.16. The van der Waals surface area contributed by atoms with Crippen LogP contribution < -0.4 is 11.1 Å². The summed E-state index contributed by atoms with van der Waals surface area (Å²) in [4.78, 5) is 18.7. The van der Waals surface area contributed by atoms with Crippen LogP contribution in [0.2, 0.25) is 0 Å². The quantitative estimate of drug-likeness (QED) is 0.296. The molecule has 0 saturated carbocycles. The Labute approximate surface area is 200 Å². The normalized spacial score (nSPS) is 12.2. The van der Waals surface area contributed by atoms with E-state index in [0.717, 1.165) is 43.7 Å². The first-order chi connectivity index (χ1) is 15.7. The van der Waals surface area contributed by atoms with Crippen molar-refractivity contribution >= 4 is 11.8 Å². The number of methoxy groups -OCH3 is 1. The van der Waals surface area contributed by atoms with Crippen molar-refractivity contribution in [1.29, 1.82) is 0 Å². The van der Waals surface area contributed by atoms with Crippen LogP contribution >= 0.6 is 0 Å². The minimum atomic E-state index is -1.03. The molecule has 1 unspecified atom stereocenters. The smallest absolute Gasteiger partial charge is 0.306 e. The Bertz CT molecular complexity index is 653. The standard InChI is InChI=1S/C24H42FN3O3.CH5N/c1-7-19-13-14-21(27-23(19)26-5)11-8-9-15-28(17-20(25)18-30-6)16-10-12-22(29)31-24(2,3)4;1-2/h13-14,20H,7-12,15-18H2,1-6H3,(H,26,27);2H2,1H3. The van der Waals surface area contributed by atoms with Gasteiger partial charge in [0.25, 0.3) is 0 Å². The molecule has 0 bridgehead atoms. The Morgan fingerprint density at radius 1 is 1.21 bits per heavy atom. The van der Waals surface area contributed by atoms with E-state index < -0.39 is 11.8 Å². The fourth-order valence-electron chi connectivity index (χ4n) is 3.46. The monoisotopic (exact) mass is 470 g/mol. The first kappa shape index (κ1) is 31.2. The maximum Gasteiger partial charge on any atom is 0.306 e. The molecule has 1 aromatic rings. The van der Waals surface area contributed by atoms with Crippen molar-refractivity contribution < 1.29 is 18.7 Å². The lowest BCUT2D eigenvalue weighted by molar-refractivity contribution is -0.155. The van der Waals surface area contributed by atoms with Gasteiger partial charge >= 0.3 is 5.97 Å².